The number of fused-ring (bicyclic) bond motifs is 1. The predicted octanol–water partition coefficient (Wildman–Crippen LogP) is 0.782. The first-order valence-electron chi connectivity index (χ1n) is 19.9. The Labute approximate surface area is 348 Å². The van der Waals surface area contributed by atoms with Gasteiger partial charge in [-0.3, -0.25) is 14.4 Å². The van der Waals surface area contributed by atoms with Gasteiger partial charge in [0.15, 0.2) is 6.29 Å². The molecular weight excluding hydrogens is 784 g/mol. The van der Waals surface area contributed by atoms with E-state index in [0.717, 1.165) is 5.56 Å². The van der Waals surface area contributed by atoms with Crippen LogP contribution in [0, 0.1) is 0 Å². The molecule has 0 spiro atoms. The molecule has 2 aromatic rings. The Balaban J connectivity index is 1.26. The number of rotatable bonds is 17. The summed E-state index contributed by atoms with van der Waals surface area (Å²) in [4.78, 5) is 55.6. The fourth-order valence-electron chi connectivity index (χ4n) is 7.08. The highest BCUT2D eigenvalue weighted by atomic mass is 16.7. The van der Waals surface area contributed by atoms with Gasteiger partial charge in [0.25, 0.3) is 0 Å². The van der Waals surface area contributed by atoms with Crippen LogP contribution in [-0.4, -0.2) is 155 Å². The lowest BCUT2D eigenvalue weighted by Gasteiger charge is -2.39. The first-order chi connectivity index (χ1) is 28.6. The number of benzene rings is 2. The highest BCUT2D eigenvalue weighted by Gasteiger charge is 2.45. The molecule has 0 aromatic heterocycles. The topological polar surface area (TPSA) is 240 Å². The Hall–Kier alpha value is -4.56. The van der Waals surface area contributed by atoms with E-state index in [9.17, 15) is 44.7 Å². The van der Waals surface area contributed by atoms with Crippen LogP contribution in [0.4, 0.5) is 0 Å². The molecule has 5 rings (SSSR count). The van der Waals surface area contributed by atoms with Crippen LogP contribution >= 0.6 is 0 Å². The Bertz CT molecular complexity index is 1830. The van der Waals surface area contributed by atoms with Gasteiger partial charge in [0, 0.05) is 31.9 Å². The van der Waals surface area contributed by atoms with Crippen molar-refractivity contribution in [3.05, 3.63) is 89.0 Å². The van der Waals surface area contributed by atoms with Gasteiger partial charge in [-0.1, -0.05) is 60.7 Å². The molecule has 2 heterocycles. The summed E-state index contributed by atoms with van der Waals surface area (Å²) in [5, 5.41) is 52.7. The first-order valence-corrected chi connectivity index (χ1v) is 19.9. The van der Waals surface area contributed by atoms with Gasteiger partial charge in [0.2, 0.25) is 11.8 Å². The molecular formula is C43H56N2O15. The van der Waals surface area contributed by atoms with Crippen LogP contribution in [0.3, 0.4) is 0 Å². The van der Waals surface area contributed by atoms with Crippen molar-refractivity contribution < 1.29 is 73.1 Å². The molecule has 17 nitrogen and oxygen atoms in total. The van der Waals surface area contributed by atoms with Gasteiger partial charge >= 0.3 is 11.9 Å². The van der Waals surface area contributed by atoms with E-state index in [2.05, 4.69) is 5.32 Å². The minimum Gasteiger partial charge on any atom is -0.460 e. The van der Waals surface area contributed by atoms with Crippen molar-refractivity contribution in [3.8, 4) is 0 Å². The number of hydrogen-bond acceptors (Lipinski definition) is 15. The second-order valence-electron chi connectivity index (χ2n) is 15.9. The largest absolute Gasteiger partial charge is 0.460 e. The molecule has 17 heteroatoms. The average molecular weight is 841 g/mol. The molecule has 2 amide bonds. The number of nitrogens with zero attached hydrogens (tertiary/aromatic N) is 1. The number of likely N-dealkylation sites (N-methyl/N-ethyl adjacent to an activating group) is 1. The summed E-state index contributed by atoms with van der Waals surface area (Å²) in [6.45, 7) is 3.95. The quantitative estimate of drug-likeness (QED) is 0.121. The van der Waals surface area contributed by atoms with Crippen molar-refractivity contribution in [3.63, 3.8) is 0 Å². The number of nitrogens with one attached hydrogen (secondary N) is 1. The van der Waals surface area contributed by atoms with E-state index in [4.69, 9.17) is 28.4 Å². The lowest BCUT2D eigenvalue weighted by molar-refractivity contribution is -0.298. The van der Waals surface area contributed by atoms with Crippen molar-refractivity contribution in [2.24, 2.45) is 0 Å². The van der Waals surface area contributed by atoms with Gasteiger partial charge in [-0.2, -0.15) is 0 Å². The van der Waals surface area contributed by atoms with Crippen molar-refractivity contribution in [1.82, 2.24) is 10.2 Å². The third kappa shape index (κ3) is 12.3. The lowest BCUT2D eigenvalue weighted by atomic mass is 9.90. The normalized spacial score (nSPS) is 26.4. The van der Waals surface area contributed by atoms with Crippen LogP contribution in [-0.2, 0) is 49.2 Å². The summed E-state index contributed by atoms with van der Waals surface area (Å²) in [6, 6.07) is 13.9. The fourth-order valence-corrected chi connectivity index (χ4v) is 7.08. The maximum Gasteiger partial charge on any atom is 0.339 e. The minimum absolute atomic E-state index is 0.0424. The molecule has 2 saturated heterocycles. The van der Waals surface area contributed by atoms with Gasteiger partial charge in [-0.25, -0.2) is 4.79 Å². The molecule has 0 radical (unpaired) electrons. The summed E-state index contributed by atoms with van der Waals surface area (Å²) in [5.41, 5.74) is 0.944. The van der Waals surface area contributed by atoms with Crippen LogP contribution in [0.15, 0.2) is 72.3 Å². The molecule has 2 aliphatic heterocycles. The molecule has 0 bridgehead atoms. The van der Waals surface area contributed by atoms with E-state index < -0.39 is 104 Å². The van der Waals surface area contributed by atoms with Crippen LogP contribution in [0.5, 0.6) is 0 Å². The van der Waals surface area contributed by atoms with E-state index in [1.54, 1.807) is 63.3 Å². The van der Waals surface area contributed by atoms with E-state index in [1.165, 1.54) is 11.9 Å². The summed E-state index contributed by atoms with van der Waals surface area (Å²) >= 11 is 0. The van der Waals surface area contributed by atoms with Crippen molar-refractivity contribution in [2.75, 3.05) is 33.7 Å². The maximum atomic E-state index is 14.3. The number of amides is 2. The van der Waals surface area contributed by atoms with Gasteiger partial charge in [0.05, 0.1) is 31.4 Å². The zero-order chi connectivity index (χ0) is 43.6. The number of hydrogen-bond donors (Lipinski definition) is 6. The smallest absolute Gasteiger partial charge is 0.339 e. The van der Waals surface area contributed by atoms with Crippen LogP contribution in [0.1, 0.15) is 61.5 Å². The predicted molar refractivity (Wildman–Crippen MR) is 213 cm³/mol. The molecule has 10 atom stereocenters. The average Bonchev–Trinajstić information content (AvgIpc) is 3.71. The Morgan fingerprint density at radius 2 is 1.68 bits per heavy atom. The summed E-state index contributed by atoms with van der Waals surface area (Å²) in [6.07, 6.45) is -4.68. The van der Waals surface area contributed by atoms with Gasteiger partial charge < -0.3 is 64.2 Å². The van der Waals surface area contributed by atoms with E-state index in [0.29, 0.717) is 5.56 Å². The number of aliphatic hydroxyl groups excluding tert-OH is 5. The minimum atomic E-state index is -1.59. The summed E-state index contributed by atoms with van der Waals surface area (Å²) in [7, 11) is 1.49. The van der Waals surface area contributed by atoms with Gasteiger partial charge in [-0.05, 0) is 50.5 Å². The SMILES string of the molecule is CN(C(=O)C1=C[C@H]2OCO[C@H]2[C@H](OC(=O)c2ccccc2C=CCO[C@H]2O[C@H](CO)[C@H](O)[C@H](O)[C@H]2O)C1)[C@H](Cc1ccccc1)C(=O)N[C@H](CO)CCC(=O)OC(C)(C)C. The summed E-state index contributed by atoms with van der Waals surface area (Å²) < 4.78 is 33.8. The highest BCUT2D eigenvalue weighted by Crippen LogP contribution is 2.32. The molecule has 3 aliphatic rings. The second kappa shape index (κ2) is 21.3. The maximum absolute atomic E-state index is 14.3. The standard InChI is InChI=1S/C43H56N2O15/c1-43(2,3)60-34(48)17-16-28(22-46)44-39(52)30(19-25-11-6-5-7-12-25)45(4)40(53)27-20-31-38(57-24-56-31)32(21-27)58-41(54)29-15-9-8-13-26(29)14-10-18-55-42-37(51)36(50)35(49)33(23-47)59-42/h5-15,20,28,30-33,35-38,42,46-47,49-51H,16-19,21-24H2,1-4H3,(H,44,52)/t28-,30+,31+,32+,33+,35-,36-,37+,38+,42-/m0/s1. The third-order valence-corrected chi connectivity index (χ3v) is 10.3. The number of esters is 2. The lowest BCUT2D eigenvalue weighted by Crippen LogP contribution is -2.59. The van der Waals surface area contributed by atoms with Crippen molar-refractivity contribution in [1.29, 1.82) is 0 Å². The number of ether oxygens (including phenoxy) is 6. The zero-order valence-electron chi connectivity index (χ0n) is 34.1. The molecule has 1 aliphatic carbocycles. The molecule has 2 fully saturated rings. The van der Waals surface area contributed by atoms with Crippen LogP contribution in [0.25, 0.3) is 6.08 Å². The second-order valence-corrected chi connectivity index (χ2v) is 15.9. The van der Waals surface area contributed by atoms with Gasteiger partial charge in [-0.15, -0.1) is 0 Å². The molecule has 328 valence electrons. The number of aliphatic hydroxyl groups is 5. The van der Waals surface area contributed by atoms with Crippen molar-refractivity contribution in [2.45, 2.75) is 113 Å². The van der Waals surface area contributed by atoms with Crippen LogP contribution < -0.4 is 5.32 Å². The first kappa shape index (κ1) is 46.5. The van der Waals surface area contributed by atoms with E-state index >= 15 is 0 Å². The van der Waals surface area contributed by atoms with Crippen molar-refractivity contribution >= 4 is 29.8 Å². The van der Waals surface area contributed by atoms with E-state index in [1.807, 2.05) is 30.3 Å². The molecule has 2 aromatic carbocycles. The Kier molecular flexibility index (Phi) is 16.5. The third-order valence-electron chi connectivity index (χ3n) is 10.3. The molecule has 60 heavy (non-hydrogen) atoms. The monoisotopic (exact) mass is 840 g/mol. The number of carbonyl (C=O) groups excluding carboxylic acids is 4. The number of carbonyl (C=O) groups is 4. The van der Waals surface area contributed by atoms with E-state index in [-0.39, 0.29) is 50.2 Å². The summed E-state index contributed by atoms with van der Waals surface area (Å²) in [5.74, 6) is -2.25. The van der Waals surface area contributed by atoms with Gasteiger partial charge in [0.1, 0.15) is 61.2 Å². The zero-order valence-corrected chi connectivity index (χ0v) is 34.1. The molecule has 6 N–H and O–H groups in total. The molecule has 0 saturated carbocycles. The van der Waals surface area contributed by atoms with Crippen LogP contribution in [0.2, 0.25) is 0 Å². The Morgan fingerprint density at radius 1 is 0.967 bits per heavy atom. The molecule has 0 unspecified atom stereocenters. The Morgan fingerprint density at radius 3 is 2.38 bits per heavy atom. The fraction of sp³-hybridized carbons (Fsp3) is 0.535. The highest BCUT2D eigenvalue weighted by molar-refractivity contribution is 5.98.